The fourth-order valence-corrected chi connectivity index (χ4v) is 2.22. The first-order valence-electron chi connectivity index (χ1n) is 5.77. The van der Waals surface area contributed by atoms with Crippen LogP contribution in [0.4, 0.5) is 0 Å². The van der Waals surface area contributed by atoms with Gasteiger partial charge in [0.15, 0.2) is 0 Å². The minimum absolute atomic E-state index is 0.0327. The van der Waals surface area contributed by atoms with Crippen molar-refractivity contribution in [2.75, 3.05) is 0 Å². The monoisotopic (exact) mass is 271 g/mol. The van der Waals surface area contributed by atoms with Gasteiger partial charge in [-0.3, -0.25) is 4.79 Å². The summed E-state index contributed by atoms with van der Waals surface area (Å²) in [6.07, 6.45) is 3.19. The van der Waals surface area contributed by atoms with Crippen molar-refractivity contribution in [1.29, 1.82) is 0 Å². The predicted octanol–water partition coefficient (Wildman–Crippen LogP) is 3.23. The number of carbonyl (C=O) groups is 1. The van der Waals surface area contributed by atoms with Crippen LogP contribution in [0.15, 0.2) is 18.2 Å². The third-order valence-corrected chi connectivity index (χ3v) is 3.82. The maximum Gasteiger partial charge on any atom is 0.138 e. The molecule has 2 nitrogen and oxygen atoms in total. The van der Waals surface area contributed by atoms with Crippen molar-refractivity contribution in [3.63, 3.8) is 0 Å². The Labute approximate surface area is 111 Å². The molecular formula is C13H15Cl2NO. The second-order valence-electron chi connectivity index (χ2n) is 4.67. The number of Topliss-reactive ketones (excluding diaryl/α,β-unsaturated/α-hetero) is 1. The van der Waals surface area contributed by atoms with Gasteiger partial charge in [0.05, 0.1) is 10.0 Å². The van der Waals surface area contributed by atoms with Crippen molar-refractivity contribution in [3.8, 4) is 0 Å². The molecule has 2 rings (SSSR count). The smallest absolute Gasteiger partial charge is 0.138 e. The topological polar surface area (TPSA) is 43.1 Å². The molecule has 0 spiro atoms. The van der Waals surface area contributed by atoms with Crippen LogP contribution in [0.25, 0.3) is 0 Å². The Morgan fingerprint density at radius 3 is 2.65 bits per heavy atom. The highest BCUT2D eigenvalue weighted by molar-refractivity contribution is 6.42. The lowest BCUT2D eigenvalue weighted by molar-refractivity contribution is -0.118. The first kappa shape index (κ1) is 12.9. The van der Waals surface area contributed by atoms with E-state index in [9.17, 15) is 4.79 Å². The number of carbonyl (C=O) groups excluding carboxylic acids is 1. The van der Waals surface area contributed by atoms with E-state index in [-0.39, 0.29) is 11.8 Å². The molecular weight excluding hydrogens is 257 g/mol. The second kappa shape index (κ2) is 5.38. The molecule has 1 aliphatic carbocycles. The summed E-state index contributed by atoms with van der Waals surface area (Å²) in [5.74, 6) is 0.732. The third-order valence-electron chi connectivity index (χ3n) is 3.08. The molecule has 1 saturated carbocycles. The molecule has 17 heavy (non-hydrogen) atoms. The molecule has 0 bridgehead atoms. The first-order valence-corrected chi connectivity index (χ1v) is 6.53. The summed E-state index contributed by atoms with van der Waals surface area (Å²) in [7, 11) is 0. The van der Waals surface area contributed by atoms with Gasteiger partial charge in [-0.2, -0.15) is 0 Å². The van der Waals surface area contributed by atoms with E-state index < -0.39 is 0 Å². The molecule has 1 aromatic rings. The molecule has 0 heterocycles. The van der Waals surface area contributed by atoms with E-state index >= 15 is 0 Å². The molecule has 0 aromatic heterocycles. The molecule has 1 fully saturated rings. The Bertz CT molecular complexity index is 429. The van der Waals surface area contributed by atoms with Crippen molar-refractivity contribution in [2.45, 2.75) is 31.7 Å². The van der Waals surface area contributed by atoms with Gasteiger partial charge in [0, 0.05) is 18.9 Å². The normalized spacial score (nSPS) is 16.9. The van der Waals surface area contributed by atoms with Crippen LogP contribution < -0.4 is 5.73 Å². The fraction of sp³-hybridized carbons (Fsp3) is 0.462. The Balaban J connectivity index is 1.90. The van der Waals surface area contributed by atoms with Crippen molar-refractivity contribution in [2.24, 2.45) is 11.7 Å². The number of halogens is 2. The zero-order valence-electron chi connectivity index (χ0n) is 9.46. The summed E-state index contributed by atoms with van der Waals surface area (Å²) in [5, 5.41) is 1.00. The number of benzene rings is 1. The minimum Gasteiger partial charge on any atom is -0.327 e. The second-order valence-corrected chi connectivity index (χ2v) is 5.48. The molecule has 1 aromatic carbocycles. The molecule has 1 aliphatic rings. The maximum atomic E-state index is 11.8. The van der Waals surface area contributed by atoms with Crippen LogP contribution in [0, 0.1) is 5.92 Å². The molecule has 0 radical (unpaired) electrons. The van der Waals surface area contributed by atoms with Gasteiger partial charge in [0.25, 0.3) is 0 Å². The van der Waals surface area contributed by atoms with E-state index in [2.05, 4.69) is 0 Å². The number of ketones is 1. The zero-order chi connectivity index (χ0) is 12.4. The van der Waals surface area contributed by atoms with E-state index in [4.69, 9.17) is 28.9 Å². The zero-order valence-corrected chi connectivity index (χ0v) is 11.0. The first-order chi connectivity index (χ1) is 8.06. The Hall–Kier alpha value is -0.570. The van der Waals surface area contributed by atoms with Gasteiger partial charge >= 0.3 is 0 Å². The molecule has 92 valence electrons. The molecule has 0 aliphatic heterocycles. The summed E-state index contributed by atoms with van der Waals surface area (Å²) >= 11 is 11.7. The lowest BCUT2D eigenvalue weighted by Crippen LogP contribution is -2.26. The van der Waals surface area contributed by atoms with Gasteiger partial charge in [-0.15, -0.1) is 0 Å². The highest BCUT2D eigenvalue weighted by atomic mass is 35.5. The van der Waals surface area contributed by atoms with Crippen molar-refractivity contribution in [3.05, 3.63) is 33.8 Å². The minimum atomic E-state index is 0.0327. The van der Waals surface area contributed by atoms with E-state index in [1.807, 2.05) is 6.07 Å². The van der Waals surface area contributed by atoms with Crippen LogP contribution in [0.2, 0.25) is 10.0 Å². The van der Waals surface area contributed by atoms with E-state index in [0.717, 1.165) is 5.56 Å². The number of hydrogen-bond acceptors (Lipinski definition) is 2. The maximum absolute atomic E-state index is 11.8. The Morgan fingerprint density at radius 2 is 2.06 bits per heavy atom. The molecule has 0 amide bonds. The Kier molecular flexibility index (Phi) is 4.08. The van der Waals surface area contributed by atoms with Gasteiger partial charge in [0.2, 0.25) is 0 Å². The van der Waals surface area contributed by atoms with E-state index in [0.29, 0.717) is 28.8 Å². The molecule has 1 unspecified atom stereocenters. The van der Waals surface area contributed by atoms with Crippen LogP contribution in [0.1, 0.15) is 24.8 Å². The highest BCUT2D eigenvalue weighted by Gasteiger charge is 2.29. The number of rotatable bonds is 5. The summed E-state index contributed by atoms with van der Waals surface area (Å²) in [6.45, 7) is 0. The summed E-state index contributed by atoms with van der Waals surface area (Å²) < 4.78 is 0. The van der Waals surface area contributed by atoms with Gasteiger partial charge in [-0.1, -0.05) is 29.3 Å². The lowest BCUT2D eigenvalue weighted by Gasteiger charge is -2.09. The summed E-state index contributed by atoms with van der Waals surface area (Å²) in [6, 6.07) is 5.32. The quantitative estimate of drug-likeness (QED) is 0.894. The van der Waals surface area contributed by atoms with Crippen LogP contribution in [-0.4, -0.2) is 11.8 Å². The largest absolute Gasteiger partial charge is 0.327 e. The number of hydrogen-bond donors (Lipinski definition) is 1. The summed E-state index contributed by atoms with van der Waals surface area (Å²) in [5.41, 5.74) is 6.82. The average molecular weight is 272 g/mol. The van der Waals surface area contributed by atoms with Crippen LogP contribution in [-0.2, 0) is 11.2 Å². The van der Waals surface area contributed by atoms with Gasteiger partial charge in [-0.05, 0) is 36.5 Å². The standard InChI is InChI=1S/C13H15Cl2NO/c14-11-4-1-8(6-12(11)15)5-10(17)7-13(16)9-2-3-9/h1,4,6,9,13H,2-3,5,7,16H2. The van der Waals surface area contributed by atoms with Crippen LogP contribution in [0.5, 0.6) is 0 Å². The summed E-state index contributed by atoms with van der Waals surface area (Å²) in [4.78, 5) is 11.8. The van der Waals surface area contributed by atoms with Crippen molar-refractivity contribution in [1.82, 2.24) is 0 Å². The lowest BCUT2D eigenvalue weighted by atomic mass is 10.0. The van der Waals surface area contributed by atoms with Crippen LogP contribution in [0.3, 0.4) is 0 Å². The molecule has 1 atom stereocenters. The van der Waals surface area contributed by atoms with Crippen molar-refractivity contribution >= 4 is 29.0 Å². The molecule has 4 heteroatoms. The SMILES string of the molecule is NC(CC(=O)Cc1ccc(Cl)c(Cl)c1)C1CC1. The van der Waals surface area contributed by atoms with Gasteiger partial charge < -0.3 is 5.73 Å². The Morgan fingerprint density at radius 1 is 1.35 bits per heavy atom. The average Bonchev–Trinajstić information content (AvgIpc) is 3.06. The number of nitrogens with two attached hydrogens (primary N) is 1. The van der Waals surface area contributed by atoms with E-state index in [1.165, 1.54) is 12.8 Å². The van der Waals surface area contributed by atoms with Gasteiger partial charge in [-0.25, -0.2) is 0 Å². The fourth-order valence-electron chi connectivity index (χ4n) is 1.90. The molecule has 0 saturated heterocycles. The predicted molar refractivity (Wildman–Crippen MR) is 70.5 cm³/mol. The van der Waals surface area contributed by atoms with Crippen molar-refractivity contribution < 1.29 is 4.79 Å². The molecule has 2 N–H and O–H groups in total. The third kappa shape index (κ3) is 3.70. The van der Waals surface area contributed by atoms with E-state index in [1.54, 1.807) is 12.1 Å². The van der Waals surface area contributed by atoms with Crippen LogP contribution >= 0.6 is 23.2 Å². The highest BCUT2D eigenvalue weighted by Crippen LogP contribution is 2.33. The van der Waals surface area contributed by atoms with Gasteiger partial charge in [0.1, 0.15) is 5.78 Å².